The van der Waals surface area contributed by atoms with E-state index in [-0.39, 0.29) is 10.4 Å². The molecule has 3 N–H and O–H groups in total. The molecule has 0 amide bonds. The predicted octanol–water partition coefficient (Wildman–Crippen LogP) is -1.26. The van der Waals surface area contributed by atoms with Crippen LogP contribution in [0.15, 0.2) is 29.2 Å². The van der Waals surface area contributed by atoms with E-state index in [1.165, 1.54) is 37.1 Å². The standard InChI is InChI=1S/C12H19BN2O4S/c16-13(17)11-3-5-12(6-4-11)20(18,19)14-7-10-15-8-1-2-9-15/h3-6,14,16-17H,1-2,7-10H2. The molecule has 1 heterocycles. The maximum atomic E-state index is 12.0. The Balaban J connectivity index is 1.91. The second-order valence-electron chi connectivity index (χ2n) is 4.89. The first-order valence-electron chi connectivity index (χ1n) is 6.67. The summed E-state index contributed by atoms with van der Waals surface area (Å²) in [5, 5.41) is 17.9. The monoisotopic (exact) mass is 298 g/mol. The summed E-state index contributed by atoms with van der Waals surface area (Å²) in [6, 6.07) is 5.51. The highest BCUT2D eigenvalue weighted by Crippen LogP contribution is 2.08. The van der Waals surface area contributed by atoms with Crippen molar-refractivity contribution in [1.82, 2.24) is 9.62 Å². The van der Waals surface area contributed by atoms with Crippen LogP contribution in [0.2, 0.25) is 0 Å². The van der Waals surface area contributed by atoms with Crippen molar-refractivity contribution >= 4 is 22.6 Å². The Hall–Kier alpha value is -0.925. The van der Waals surface area contributed by atoms with Gasteiger partial charge in [-0.3, -0.25) is 0 Å². The lowest BCUT2D eigenvalue weighted by Gasteiger charge is -2.14. The molecular formula is C12H19BN2O4S. The predicted molar refractivity (Wildman–Crippen MR) is 77.1 cm³/mol. The topological polar surface area (TPSA) is 89.9 Å². The molecule has 0 unspecified atom stereocenters. The van der Waals surface area contributed by atoms with Gasteiger partial charge in [0.15, 0.2) is 0 Å². The normalized spacial score (nSPS) is 16.5. The molecule has 6 nitrogen and oxygen atoms in total. The van der Waals surface area contributed by atoms with Gasteiger partial charge in [0.2, 0.25) is 10.0 Å². The Morgan fingerprint density at radius 2 is 1.75 bits per heavy atom. The van der Waals surface area contributed by atoms with Gasteiger partial charge in [-0.25, -0.2) is 13.1 Å². The van der Waals surface area contributed by atoms with Gasteiger partial charge in [-0.05, 0) is 43.5 Å². The maximum Gasteiger partial charge on any atom is 0.488 e. The van der Waals surface area contributed by atoms with Gasteiger partial charge in [-0.2, -0.15) is 0 Å². The highest BCUT2D eigenvalue weighted by Gasteiger charge is 2.17. The van der Waals surface area contributed by atoms with E-state index in [4.69, 9.17) is 10.0 Å². The van der Waals surface area contributed by atoms with Crippen LogP contribution < -0.4 is 10.2 Å². The van der Waals surface area contributed by atoms with Gasteiger partial charge in [0.25, 0.3) is 0 Å². The summed E-state index contributed by atoms with van der Waals surface area (Å²) in [6.45, 7) is 3.16. The Morgan fingerprint density at radius 3 is 2.30 bits per heavy atom. The molecule has 20 heavy (non-hydrogen) atoms. The molecule has 1 fully saturated rings. The quantitative estimate of drug-likeness (QED) is 0.570. The summed E-state index contributed by atoms with van der Waals surface area (Å²) in [4.78, 5) is 2.36. The number of sulfonamides is 1. The van der Waals surface area contributed by atoms with E-state index in [0.717, 1.165) is 13.1 Å². The zero-order valence-electron chi connectivity index (χ0n) is 11.2. The molecular weight excluding hydrogens is 279 g/mol. The van der Waals surface area contributed by atoms with Crippen molar-refractivity contribution in [2.75, 3.05) is 26.2 Å². The molecule has 1 aliphatic rings. The first kappa shape index (κ1) is 15.5. The van der Waals surface area contributed by atoms with Crippen molar-refractivity contribution in [1.29, 1.82) is 0 Å². The second-order valence-corrected chi connectivity index (χ2v) is 6.66. The van der Waals surface area contributed by atoms with Crippen LogP contribution in [0.3, 0.4) is 0 Å². The lowest BCUT2D eigenvalue weighted by Crippen LogP contribution is -2.34. The SMILES string of the molecule is O=S(=O)(NCCN1CCCC1)c1ccc(B(O)O)cc1. The van der Waals surface area contributed by atoms with Gasteiger partial charge in [0.1, 0.15) is 0 Å². The third-order valence-corrected chi connectivity index (χ3v) is 4.88. The Kier molecular flexibility index (Phi) is 5.17. The number of likely N-dealkylation sites (tertiary alicyclic amines) is 1. The van der Waals surface area contributed by atoms with Crippen LogP contribution in [0.5, 0.6) is 0 Å². The molecule has 0 spiro atoms. The third-order valence-electron chi connectivity index (χ3n) is 3.41. The fourth-order valence-electron chi connectivity index (χ4n) is 2.25. The summed E-state index contributed by atoms with van der Waals surface area (Å²) >= 11 is 0. The smallest absolute Gasteiger partial charge is 0.423 e. The number of rotatable bonds is 6. The van der Waals surface area contributed by atoms with Crippen molar-refractivity contribution in [2.24, 2.45) is 0 Å². The highest BCUT2D eigenvalue weighted by molar-refractivity contribution is 7.89. The van der Waals surface area contributed by atoms with Gasteiger partial charge in [-0.1, -0.05) is 12.1 Å². The van der Waals surface area contributed by atoms with E-state index in [0.29, 0.717) is 13.1 Å². The molecule has 0 radical (unpaired) electrons. The average molecular weight is 298 g/mol. The van der Waals surface area contributed by atoms with Gasteiger partial charge in [0.05, 0.1) is 4.90 Å². The van der Waals surface area contributed by atoms with E-state index >= 15 is 0 Å². The lowest BCUT2D eigenvalue weighted by atomic mass is 9.81. The summed E-state index contributed by atoms with van der Waals surface area (Å²) < 4.78 is 26.6. The number of nitrogens with one attached hydrogen (secondary N) is 1. The first-order valence-corrected chi connectivity index (χ1v) is 8.15. The number of nitrogens with zero attached hydrogens (tertiary/aromatic N) is 1. The minimum Gasteiger partial charge on any atom is -0.423 e. The van der Waals surface area contributed by atoms with Crippen LogP contribution in [-0.2, 0) is 10.0 Å². The number of benzene rings is 1. The van der Waals surface area contributed by atoms with Crippen LogP contribution in [0.25, 0.3) is 0 Å². The molecule has 1 aromatic rings. The summed E-state index contributed by atoms with van der Waals surface area (Å²) in [7, 11) is -5.12. The molecule has 0 saturated carbocycles. The van der Waals surface area contributed by atoms with Crippen LogP contribution >= 0.6 is 0 Å². The molecule has 0 aromatic heterocycles. The molecule has 1 saturated heterocycles. The molecule has 8 heteroatoms. The number of hydrogen-bond acceptors (Lipinski definition) is 5. The Morgan fingerprint density at radius 1 is 1.15 bits per heavy atom. The largest absolute Gasteiger partial charge is 0.488 e. The van der Waals surface area contributed by atoms with E-state index in [1.54, 1.807) is 0 Å². The van der Waals surface area contributed by atoms with Crippen LogP contribution in [0.4, 0.5) is 0 Å². The maximum absolute atomic E-state index is 12.0. The zero-order chi connectivity index (χ0) is 14.6. The van der Waals surface area contributed by atoms with Crippen molar-refractivity contribution in [3.8, 4) is 0 Å². The second kappa shape index (κ2) is 6.69. The Labute approximate surface area is 119 Å². The minimum absolute atomic E-state index is 0.128. The molecule has 2 rings (SSSR count). The molecule has 0 atom stereocenters. The van der Waals surface area contributed by atoms with Crippen LogP contribution in [0.1, 0.15) is 12.8 Å². The van der Waals surface area contributed by atoms with Gasteiger partial charge in [-0.15, -0.1) is 0 Å². The Bertz CT molecular complexity index is 527. The minimum atomic E-state index is -3.53. The molecule has 0 bridgehead atoms. The van der Waals surface area contributed by atoms with Gasteiger partial charge in [0, 0.05) is 13.1 Å². The van der Waals surface area contributed by atoms with Crippen molar-refractivity contribution in [3.05, 3.63) is 24.3 Å². The van der Waals surface area contributed by atoms with E-state index < -0.39 is 17.1 Å². The fraction of sp³-hybridized carbons (Fsp3) is 0.500. The zero-order valence-corrected chi connectivity index (χ0v) is 12.0. The van der Waals surface area contributed by atoms with Crippen LogP contribution in [0, 0.1) is 0 Å². The van der Waals surface area contributed by atoms with E-state index in [1.807, 2.05) is 0 Å². The molecule has 1 aromatic carbocycles. The third kappa shape index (κ3) is 4.03. The van der Waals surface area contributed by atoms with Crippen molar-refractivity contribution in [3.63, 3.8) is 0 Å². The fourth-order valence-corrected chi connectivity index (χ4v) is 3.27. The molecule has 0 aliphatic carbocycles. The number of hydrogen-bond donors (Lipinski definition) is 3. The highest BCUT2D eigenvalue weighted by atomic mass is 32.2. The van der Waals surface area contributed by atoms with Crippen molar-refractivity contribution < 1.29 is 18.5 Å². The molecule has 110 valence electrons. The lowest BCUT2D eigenvalue weighted by molar-refractivity contribution is 0.344. The molecule has 1 aliphatic heterocycles. The van der Waals surface area contributed by atoms with Gasteiger partial charge >= 0.3 is 7.12 Å². The van der Waals surface area contributed by atoms with Crippen LogP contribution in [-0.4, -0.2) is 56.7 Å². The average Bonchev–Trinajstić information content (AvgIpc) is 2.92. The van der Waals surface area contributed by atoms with E-state index in [2.05, 4.69) is 9.62 Å². The van der Waals surface area contributed by atoms with Crippen molar-refractivity contribution in [2.45, 2.75) is 17.7 Å². The van der Waals surface area contributed by atoms with Gasteiger partial charge < -0.3 is 14.9 Å². The summed E-state index contributed by atoms with van der Waals surface area (Å²) in [5.74, 6) is 0. The summed E-state index contributed by atoms with van der Waals surface area (Å²) in [5.41, 5.74) is 0.265. The first-order chi connectivity index (χ1) is 9.49. The summed E-state index contributed by atoms with van der Waals surface area (Å²) in [6.07, 6.45) is 2.36. The van der Waals surface area contributed by atoms with E-state index in [9.17, 15) is 8.42 Å².